The Kier molecular flexibility index (Phi) is 5.39. The van der Waals surface area contributed by atoms with Gasteiger partial charge in [0.15, 0.2) is 0 Å². The predicted molar refractivity (Wildman–Crippen MR) is 115 cm³/mol. The first-order chi connectivity index (χ1) is 14.6. The number of rotatable bonds is 5. The number of ether oxygens (including phenoxy) is 1. The number of hydrogen-bond donors (Lipinski definition) is 0. The Labute approximate surface area is 181 Å². The summed E-state index contributed by atoms with van der Waals surface area (Å²) in [6.45, 7) is 5.07. The van der Waals surface area contributed by atoms with Crippen LogP contribution in [0.3, 0.4) is 0 Å². The number of nitrogens with zero attached hydrogens (tertiary/aromatic N) is 4. The van der Waals surface area contributed by atoms with Crippen molar-refractivity contribution in [2.75, 3.05) is 20.2 Å². The maximum atomic E-state index is 6.14. The van der Waals surface area contributed by atoms with E-state index in [1.54, 1.807) is 0 Å². The smallest absolute Gasteiger partial charge is 0.118 e. The summed E-state index contributed by atoms with van der Waals surface area (Å²) in [6.07, 6.45) is 4.27. The monoisotopic (exact) mass is 426 g/mol. The summed E-state index contributed by atoms with van der Waals surface area (Å²) in [4.78, 5) is 2.52. The summed E-state index contributed by atoms with van der Waals surface area (Å²) in [5.41, 5.74) is 1.83. The number of aryl methyl sites for hydroxylation is 1. The van der Waals surface area contributed by atoms with Crippen molar-refractivity contribution in [3.8, 4) is 11.3 Å². The van der Waals surface area contributed by atoms with Gasteiger partial charge < -0.3 is 9.15 Å². The Bertz CT molecular complexity index is 1020. The Morgan fingerprint density at radius 1 is 1.17 bits per heavy atom. The Hall–Kier alpha value is -2.15. The summed E-state index contributed by atoms with van der Waals surface area (Å²) in [5, 5.41) is 9.57. The maximum Gasteiger partial charge on any atom is 0.118 e. The van der Waals surface area contributed by atoms with Crippen molar-refractivity contribution in [1.29, 1.82) is 0 Å². The van der Waals surface area contributed by atoms with Crippen LogP contribution in [-0.4, -0.2) is 46.2 Å². The third kappa shape index (κ3) is 3.92. The van der Waals surface area contributed by atoms with Crippen molar-refractivity contribution in [2.45, 2.75) is 38.5 Å². The highest BCUT2D eigenvalue weighted by Crippen LogP contribution is 2.42. The van der Waals surface area contributed by atoms with Crippen LogP contribution < -0.4 is 0 Å². The zero-order valence-corrected chi connectivity index (χ0v) is 18.1. The fourth-order valence-electron chi connectivity index (χ4n) is 5.16. The second kappa shape index (κ2) is 8.17. The quantitative estimate of drug-likeness (QED) is 0.596. The Balaban J connectivity index is 1.31. The molecule has 0 spiro atoms. The fourth-order valence-corrected chi connectivity index (χ4v) is 5.35. The van der Waals surface area contributed by atoms with Crippen molar-refractivity contribution in [3.63, 3.8) is 0 Å². The van der Waals surface area contributed by atoms with E-state index in [0.29, 0.717) is 16.9 Å². The highest BCUT2D eigenvalue weighted by Gasteiger charge is 2.43. The van der Waals surface area contributed by atoms with E-state index in [2.05, 4.69) is 21.3 Å². The van der Waals surface area contributed by atoms with Gasteiger partial charge in [-0.1, -0.05) is 28.9 Å². The number of benzene rings is 1. The molecule has 0 N–H and O–H groups in total. The molecule has 0 unspecified atom stereocenters. The van der Waals surface area contributed by atoms with Crippen LogP contribution >= 0.6 is 11.6 Å². The van der Waals surface area contributed by atoms with Gasteiger partial charge in [0, 0.05) is 30.8 Å². The van der Waals surface area contributed by atoms with E-state index in [9.17, 15) is 0 Å². The largest absolute Gasteiger partial charge is 0.465 e. The maximum absolute atomic E-state index is 6.14. The molecule has 0 radical (unpaired) electrons. The minimum atomic E-state index is 0.144. The first-order valence-electron chi connectivity index (χ1n) is 10.6. The zero-order valence-electron chi connectivity index (χ0n) is 17.4. The molecule has 2 fully saturated rings. The highest BCUT2D eigenvalue weighted by molar-refractivity contribution is 6.30. The van der Waals surface area contributed by atoms with Crippen LogP contribution in [0.2, 0.25) is 5.02 Å². The van der Waals surface area contributed by atoms with Crippen molar-refractivity contribution in [1.82, 2.24) is 19.9 Å². The summed E-state index contributed by atoms with van der Waals surface area (Å²) in [7, 11) is 1.81. The molecule has 30 heavy (non-hydrogen) atoms. The first-order valence-corrected chi connectivity index (χ1v) is 10.9. The molecule has 7 heteroatoms. The van der Waals surface area contributed by atoms with Gasteiger partial charge in [0.25, 0.3) is 0 Å². The van der Waals surface area contributed by atoms with E-state index < -0.39 is 0 Å². The van der Waals surface area contributed by atoms with Gasteiger partial charge in [0.2, 0.25) is 0 Å². The van der Waals surface area contributed by atoms with Gasteiger partial charge in [-0.2, -0.15) is 0 Å². The number of hydrogen-bond acceptors (Lipinski definition) is 5. The molecule has 0 amide bonds. The van der Waals surface area contributed by atoms with Gasteiger partial charge in [0.1, 0.15) is 17.2 Å². The number of fused-ring (bicyclic) bond motifs is 1. The standard InChI is InChI=1S/C23H27ClN4O2/c1-15-6-7-20(30-15)13-27-11-17-9-22(23(29-2)10-18(17)12-27)28-14-21(25-26-28)16-4-3-5-19(24)8-16/h3-8,14,17-18,22-23H,9-13H2,1-2H3/t17-,18+,22-,23-/m1/s1. The number of furan rings is 1. The summed E-state index contributed by atoms with van der Waals surface area (Å²) < 4.78 is 13.7. The molecule has 1 aliphatic carbocycles. The lowest BCUT2D eigenvalue weighted by Gasteiger charge is -2.37. The van der Waals surface area contributed by atoms with Crippen molar-refractivity contribution in [2.24, 2.45) is 11.8 Å². The minimum absolute atomic E-state index is 0.144. The predicted octanol–water partition coefficient (Wildman–Crippen LogP) is 4.60. The van der Waals surface area contributed by atoms with E-state index in [1.165, 1.54) is 0 Å². The minimum Gasteiger partial charge on any atom is -0.465 e. The topological polar surface area (TPSA) is 56.3 Å². The van der Waals surface area contributed by atoms with Gasteiger partial charge >= 0.3 is 0 Å². The molecule has 2 aliphatic rings. The van der Waals surface area contributed by atoms with Crippen LogP contribution in [0, 0.1) is 18.8 Å². The molecule has 6 nitrogen and oxygen atoms in total. The van der Waals surface area contributed by atoms with Gasteiger partial charge in [0.05, 0.1) is 24.9 Å². The molecular formula is C23H27ClN4O2. The van der Waals surface area contributed by atoms with E-state index >= 15 is 0 Å². The van der Waals surface area contributed by atoms with Gasteiger partial charge in [-0.05, 0) is 55.9 Å². The second-order valence-electron chi connectivity index (χ2n) is 8.63. The van der Waals surface area contributed by atoms with Crippen LogP contribution in [0.5, 0.6) is 0 Å². The van der Waals surface area contributed by atoms with E-state index in [1.807, 2.05) is 55.2 Å². The van der Waals surface area contributed by atoms with E-state index in [0.717, 1.165) is 55.3 Å². The average Bonchev–Trinajstić information content (AvgIpc) is 3.46. The van der Waals surface area contributed by atoms with Crippen LogP contribution in [-0.2, 0) is 11.3 Å². The molecular weight excluding hydrogens is 400 g/mol. The third-order valence-corrected chi connectivity index (χ3v) is 6.84. The molecule has 3 heterocycles. The molecule has 2 aromatic heterocycles. The molecule has 5 rings (SSSR count). The molecule has 4 atom stereocenters. The number of halogens is 1. The summed E-state index contributed by atoms with van der Waals surface area (Å²) in [5.74, 6) is 3.31. The molecule has 1 aromatic carbocycles. The molecule has 3 aromatic rings. The van der Waals surface area contributed by atoms with Gasteiger partial charge in [-0.15, -0.1) is 5.10 Å². The number of likely N-dealkylation sites (tertiary alicyclic amines) is 1. The normalized spacial score (nSPS) is 26.8. The molecule has 1 saturated carbocycles. The molecule has 1 aliphatic heterocycles. The van der Waals surface area contributed by atoms with Gasteiger partial charge in [-0.3, -0.25) is 4.90 Å². The number of methoxy groups -OCH3 is 1. The average molecular weight is 427 g/mol. The summed E-state index contributed by atoms with van der Waals surface area (Å²) in [6, 6.07) is 12.1. The van der Waals surface area contributed by atoms with Gasteiger partial charge in [-0.25, -0.2) is 4.68 Å². The highest BCUT2D eigenvalue weighted by atomic mass is 35.5. The zero-order chi connectivity index (χ0) is 20.7. The van der Waals surface area contributed by atoms with Crippen molar-refractivity contribution < 1.29 is 9.15 Å². The first kappa shape index (κ1) is 19.8. The number of aromatic nitrogens is 3. The fraction of sp³-hybridized carbons (Fsp3) is 0.478. The molecule has 158 valence electrons. The van der Waals surface area contributed by atoms with Crippen LogP contribution in [0.25, 0.3) is 11.3 Å². The second-order valence-corrected chi connectivity index (χ2v) is 9.07. The van der Waals surface area contributed by atoms with E-state index in [4.69, 9.17) is 20.8 Å². The SMILES string of the molecule is CO[C@@H]1C[C@H]2CN(Cc3ccc(C)o3)C[C@H]2C[C@H]1n1cc(-c2cccc(Cl)c2)nn1. The van der Waals surface area contributed by atoms with E-state index in [-0.39, 0.29) is 12.1 Å². The lowest BCUT2D eigenvalue weighted by molar-refractivity contribution is -0.00545. The van der Waals surface area contributed by atoms with Crippen LogP contribution in [0.4, 0.5) is 0 Å². The van der Waals surface area contributed by atoms with Crippen LogP contribution in [0.15, 0.2) is 47.0 Å². The summed E-state index contributed by atoms with van der Waals surface area (Å²) >= 11 is 6.14. The van der Waals surface area contributed by atoms with Crippen molar-refractivity contribution >= 4 is 11.6 Å². The Morgan fingerprint density at radius 2 is 2.00 bits per heavy atom. The third-order valence-electron chi connectivity index (χ3n) is 6.61. The van der Waals surface area contributed by atoms with Crippen molar-refractivity contribution in [3.05, 3.63) is 59.1 Å². The lowest BCUT2D eigenvalue weighted by Crippen LogP contribution is -2.37. The Morgan fingerprint density at radius 3 is 2.73 bits per heavy atom. The van der Waals surface area contributed by atoms with Crippen LogP contribution in [0.1, 0.15) is 30.4 Å². The molecule has 0 bridgehead atoms. The molecule has 1 saturated heterocycles. The lowest BCUT2D eigenvalue weighted by atomic mass is 9.77.